The number of amides is 1. The molecule has 0 heterocycles. The number of rotatable bonds is 8. The Morgan fingerprint density at radius 2 is 2.00 bits per heavy atom. The van der Waals surface area contributed by atoms with Crippen molar-refractivity contribution in [2.75, 3.05) is 19.6 Å². The summed E-state index contributed by atoms with van der Waals surface area (Å²) in [6.07, 6.45) is 10.4. The van der Waals surface area contributed by atoms with E-state index in [1.54, 1.807) is 0 Å². The van der Waals surface area contributed by atoms with Gasteiger partial charge in [-0.1, -0.05) is 38.2 Å². The first-order valence-electron chi connectivity index (χ1n) is 7.91. The van der Waals surface area contributed by atoms with Gasteiger partial charge in [0.1, 0.15) is 0 Å². The van der Waals surface area contributed by atoms with Gasteiger partial charge in [-0.05, 0) is 45.1 Å². The average molecular weight is 278 g/mol. The zero-order chi connectivity index (χ0) is 15.2. The molecule has 3 atom stereocenters. The summed E-state index contributed by atoms with van der Waals surface area (Å²) in [5, 5.41) is 0. The van der Waals surface area contributed by atoms with E-state index in [1.807, 2.05) is 18.7 Å². The maximum atomic E-state index is 12.8. The predicted octanol–water partition coefficient (Wildman–Crippen LogP) is 2.98. The highest BCUT2D eigenvalue weighted by Crippen LogP contribution is 2.58. The van der Waals surface area contributed by atoms with Crippen LogP contribution in [0.25, 0.3) is 0 Å². The van der Waals surface area contributed by atoms with Crippen LogP contribution in [0.15, 0.2) is 24.3 Å². The highest BCUT2D eigenvalue weighted by molar-refractivity contribution is 5.86. The molecule has 2 N–H and O–H groups in total. The van der Waals surface area contributed by atoms with Gasteiger partial charge in [-0.25, -0.2) is 0 Å². The van der Waals surface area contributed by atoms with Crippen molar-refractivity contribution in [3.63, 3.8) is 0 Å². The van der Waals surface area contributed by atoms with Crippen molar-refractivity contribution >= 4 is 5.91 Å². The van der Waals surface area contributed by atoms with Crippen LogP contribution in [-0.2, 0) is 4.79 Å². The second-order valence-corrected chi connectivity index (χ2v) is 5.66. The largest absolute Gasteiger partial charge is 0.343 e. The van der Waals surface area contributed by atoms with Gasteiger partial charge in [0.25, 0.3) is 0 Å². The number of carbonyl (C=O) groups is 1. The van der Waals surface area contributed by atoms with Crippen LogP contribution in [0.2, 0.25) is 0 Å². The van der Waals surface area contributed by atoms with E-state index in [1.165, 1.54) is 0 Å². The first-order valence-corrected chi connectivity index (χ1v) is 7.91. The molecule has 0 bridgehead atoms. The molecule has 0 aliphatic heterocycles. The van der Waals surface area contributed by atoms with Crippen molar-refractivity contribution in [2.24, 2.45) is 23.0 Å². The highest BCUT2D eigenvalue weighted by atomic mass is 16.2. The molecule has 1 fully saturated rings. The lowest BCUT2D eigenvalue weighted by Gasteiger charge is -2.29. The summed E-state index contributed by atoms with van der Waals surface area (Å²) in [7, 11) is 0. The van der Waals surface area contributed by atoms with Crippen molar-refractivity contribution < 1.29 is 4.79 Å². The van der Waals surface area contributed by atoms with Crippen molar-refractivity contribution in [1.82, 2.24) is 4.90 Å². The molecule has 1 aliphatic rings. The molecule has 1 rings (SSSR count). The van der Waals surface area contributed by atoms with Gasteiger partial charge in [0.15, 0.2) is 0 Å². The van der Waals surface area contributed by atoms with Crippen LogP contribution in [0, 0.1) is 17.3 Å². The van der Waals surface area contributed by atoms with Crippen molar-refractivity contribution in [3.8, 4) is 0 Å². The van der Waals surface area contributed by atoms with Crippen LogP contribution in [-0.4, -0.2) is 30.4 Å². The minimum Gasteiger partial charge on any atom is -0.343 e. The van der Waals surface area contributed by atoms with E-state index in [0.29, 0.717) is 12.5 Å². The number of hydrogen-bond acceptors (Lipinski definition) is 2. The van der Waals surface area contributed by atoms with Crippen LogP contribution in [0.5, 0.6) is 0 Å². The third-order valence-electron chi connectivity index (χ3n) is 4.58. The van der Waals surface area contributed by atoms with E-state index in [0.717, 1.165) is 25.9 Å². The number of hydrogen-bond donors (Lipinski definition) is 1. The van der Waals surface area contributed by atoms with Crippen molar-refractivity contribution in [1.29, 1.82) is 0 Å². The maximum Gasteiger partial charge on any atom is 0.229 e. The maximum absolute atomic E-state index is 12.8. The zero-order valence-electron chi connectivity index (χ0n) is 13.4. The second kappa shape index (κ2) is 7.63. The smallest absolute Gasteiger partial charge is 0.229 e. The Hall–Kier alpha value is -1.09. The van der Waals surface area contributed by atoms with E-state index in [-0.39, 0.29) is 17.2 Å². The molecule has 0 radical (unpaired) electrons. The molecule has 1 amide bonds. The van der Waals surface area contributed by atoms with Crippen molar-refractivity contribution in [2.45, 2.75) is 40.5 Å². The number of carbonyl (C=O) groups excluding carboxylic acids is 1. The van der Waals surface area contributed by atoms with E-state index in [2.05, 4.69) is 38.2 Å². The summed E-state index contributed by atoms with van der Waals surface area (Å²) in [5.41, 5.74) is 5.58. The van der Waals surface area contributed by atoms with Crippen LogP contribution >= 0.6 is 0 Å². The lowest BCUT2D eigenvalue weighted by Crippen LogP contribution is -2.41. The molecule has 0 aromatic rings. The lowest BCUT2D eigenvalue weighted by molar-refractivity contribution is -0.138. The molecule has 0 spiro atoms. The Kier molecular flexibility index (Phi) is 6.47. The molecule has 1 aliphatic carbocycles. The fourth-order valence-electron chi connectivity index (χ4n) is 3.08. The standard InChI is InChI=1S/C17H30N2O/c1-5-8-9-10-11-14(4)17(12-15(17)13-18)16(20)19(6-2)7-3/h8-11,14-15H,5-7,12-13,18H2,1-4H3/b9-8-,11-10-/t14-,15+,17?/m0/s1. The van der Waals surface area contributed by atoms with Crippen molar-refractivity contribution in [3.05, 3.63) is 24.3 Å². The SMILES string of the molecule is CC/C=C\C=C/[C@H](C)C1(C(=O)N(CC)CC)C[C@@H]1CN. The summed E-state index contributed by atoms with van der Waals surface area (Å²) < 4.78 is 0. The predicted molar refractivity (Wildman–Crippen MR) is 85.3 cm³/mol. The highest BCUT2D eigenvalue weighted by Gasteiger charge is 2.62. The fraction of sp³-hybridized carbons (Fsp3) is 0.706. The molecule has 1 saturated carbocycles. The Bertz CT molecular complexity index is 371. The monoisotopic (exact) mass is 278 g/mol. The van der Waals surface area contributed by atoms with Gasteiger partial charge in [0.05, 0.1) is 5.41 Å². The molecule has 0 saturated heterocycles. The van der Waals surface area contributed by atoms with Crippen LogP contribution in [0.3, 0.4) is 0 Å². The number of nitrogens with two attached hydrogens (primary N) is 1. The van der Waals surface area contributed by atoms with Gasteiger partial charge in [-0.15, -0.1) is 0 Å². The Balaban J connectivity index is 2.85. The first kappa shape index (κ1) is 17.0. The summed E-state index contributed by atoms with van der Waals surface area (Å²) >= 11 is 0. The fourth-order valence-corrected chi connectivity index (χ4v) is 3.08. The lowest BCUT2D eigenvalue weighted by atomic mass is 9.86. The molecular formula is C17H30N2O. The molecular weight excluding hydrogens is 248 g/mol. The first-order chi connectivity index (χ1) is 9.58. The van der Waals surface area contributed by atoms with E-state index < -0.39 is 0 Å². The Labute approximate surface area is 123 Å². The zero-order valence-corrected chi connectivity index (χ0v) is 13.4. The summed E-state index contributed by atoms with van der Waals surface area (Å²) in [4.78, 5) is 14.8. The molecule has 3 nitrogen and oxygen atoms in total. The van der Waals surface area contributed by atoms with Gasteiger partial charge in [0.2, 0.25) is 5.91 Å². The summed E-state index contributed by atoms with van der Waals surface area (Å²) in [6.45, 7) is 10.5. The molecule has 114 valence electrons. The van der Waals surface area contributed by atoms with E-state index in [4.69, 9.17) is 5.73 Å². The van der Waals surface area contributed by atoms with Crippen LogP contribution < -0.4 is 5.73 Å². The molecule has 3 heteroatoms. The molecule has 20 heavy (non-hydrogen) atoms. The van der Waals surface area contributed by atoms with E-state index in [9.17, 15) is 4.79 Å². The molecule has 1 unspecified atom stereocenters. The average Bonchev–Trinajstić information content (AvgIpc) is 3.20. The third kappa shape index (κ3) is 3.32. The summed E-state index contributed by atoms with van der Waals surface area (Å²) in [5.74, 6) is 0.866. The van der Waals surface area contributed by atoms with Gasteiger partial charge < -0.3 is 10.6 Å². The van der Waals surface area contributed by atoms with E-state index >= 15 is 0 Å². The van der Waals surface area contributed by atoms with Gasteiger partial charge in [-0.2, -0.15) is 0 Å². The topological polar surface area (TPSA) is 46.3 Å². The normalized spacial score (nSPS) is 27.1. The van der Waals surface area contributed by atoms with Crippen LogP contribution in [0.4, 0.5) is 0 Å². The Morgan fingerprint density at radius 3 is 2.45 bits per heavy atom. The second-order valence-electron chi connectivity index (χ2n) is 5.66. The van der Waals surface area contributed by atoms with Crippen LogP contribution in [0.1, 0.15) is 40.5 Å². The Morgan fingerprint density at radius 1 is 1.35 bits per heavy atom. The molecule has 0 aromatic carbocycles. The van der Waals surface area contributed by atoms with Gasteiger partial charge >= 0.3 is 0 Å². The minimum atomic E-state index is -0.253. The minimum absolute atomic E-state index is 0.241. The molecule has 0 aromatic heterocycles. The number of allylic oxidation sites excluding steroid dienone is 4. The summed E-state index contributed by atoms with van der Waals surface area (Å²) in [6, 6.07) is 0. The van der Waals surface area contributed by atoms with Gasteiger partial charge in [0, 0.05) is 13.1 Å². The quantitative estimate of drug-likeness (QED) is 0.694. The van der Waals surface area contributed by atoms with Gasteiger partial charge in [-0.3, -0.25) is 4.79 Å². The third-order valence-corrected chi connectivity index (χ3v) is 4.58. The number of nitrogens with zero attached hydrogens (tertiary/aromatic N) is 1.